The van der Waals surface area contributed by atoms with Crippen LogP contribution >= 0.6 is 0 Å². The van der Waals surface area contributed by atoms with Gasteiger partial charge < -0.3 is 5.32 Å². The molecule has 82 valence electrons. The summed E-state index contributed by atoms with van der Waals surface area (Å²) in [4.78, 5) is 0. The highest BCUT2D eigenvalue weighted by molar-refractivity contribution is 5.03. The monoisotopic (exact) mass is 195 g/mol. The van der Waals surface area contributed by atoms with Crippen LogP contribution in [0, 0.1) is 11.8 Å². The van der Waals surface area contributed by atoms with Gasteiger partial charge in [0.15, 0.2) is 0 Å². The Bertz CT molecular complexity index is 186. The summed E-state index contributed by atoms with van der Waals surface area (Å²) in [6, 6.07) is 0.581. The van der Waals surface area contributed by atoms with Crippen molar-refractivity contribution in [1.82, 2.24) is 5.32 Å². The first-order chi connectivity index (χ1) is 6.63. The smallest absolute Gasteiger partial charge is 0.0276 e. The molecule has 0 radical (unpaired) electrons. The molecule has 1 aliphatic heterocycles. The van der Waals surface area contributed by atoms with Crippen LogP contribution in [-0.4, -0.2) is 12.6 Å². The average molecular weight is 195 g/mol. The molecule has 3 unspecified atom stereocenters. The summed E-state index contributed by atoms with van der Waals surface area (Å²) in [5, 5.41) is 3.54. The topological polar surface area (TPSA) is 12.0 Å². The number of piperidine rings is 1. The highest BCUT2D eigenvalue weighted by Crippen LogP contribution is 2.26. The first-order valence-corrected chi connectivity index (χ1v) is 6.02. The van der Waals surface area contributed by atoms with Crippen LogP contribution in [0.4, 0.5) is 0 Å². The summed E-state index contributed by atoms with van der Waals surface area (Å²) in [5.74, 6) is 1.82. The van der Waals surface area contributed by atoms with Gasteiger partial charge in [-0.25, -0.2) is 0 Å². The second kappa shape index (κ2) is 5.55. The van der Waals surface area contributed by atoms with E-state index in [0.717, 1.165) is 11.8 Å². The third-order valence-corrected chi connectivity index (χ3v) is 3.54. The minimum atomic E-state index is 0.581. The SMILES string of the molecule is C=C(C)C1CC(CC(C)CC)CCN1. The molecule has 14 heavy (non-hydrogen) atoms. The highest BCUT2D eigenvalue weighted by atomic mass is 14.9. The molecule has 0 aliphatic carbocycles. The molecule has 0 aromatic heterocycles. The molecular formula is C13H25N. The molecule has 0 spiro atoms. The van der Waals surface area contributed by atoms with Crippen LogP contribution in [0.5, 0.6) is 0 Å². The van der Waals surface area contributed by atoms with Crippen LogP contribution in [0.3, 0.4) is 0 Å². The maximum atomic E-state index is 4.05. The average Bonchev–Trinajstić information content (AvgIpc) is 2.18. The van der Waals surface area contributed by atoms with Crippen molar-refractivity contribution in [2.24, 2.45) is 11.8 Å². The lowest BCUT2D eigenvalue weighted by Crippen LogP contribution is -2.39. The van der Waals surface area contributed by atoms with Gasteiger partial charge in [-0.3, -0.25) is 0 Å². The Hall–Kier alpha value is -0.300. The largest absolute Gasteiger partial charge is 0.310 e. The molecule has 1 N–H and O–H groups in total. The van der Waals surface area contributed by atoms with Gasteiger partial charge in [0.05, 0.1) is 0 Å². The van der Waals surface area contributed by atoms with Crippen LogP contribution in [0.1, 0.15) is 46.5 Å². The number of rotatable bonds is 4. The van der Waals surface area contributed by atoms with Gasteiger partial charge in [0.25, 0.3) is 0 Å². The fraction of sp³-hybridized carbons (Fsp3) is 0.846. The van der Waals surface area contributed by atoms with E-state index in [9.17, 15) is 0 Å². The minimum Gasteiger partial charge on any atom is -0.310 e. The van der Waals surface area contributed by atoms with Gasteiger partial charge in [-0.05, 0) is 44.6 Å². The first-order valence-electron chi connectivity index (χ1n) is 6.02. The molecule has 0 saturated carbocycles. The molecule has 1 rings (SSSR count). The Morgan fingerprint density at radius 1 is 1.57 bits per heavy atom. The predicted molar refractivity (Wildman–Crippen MR) is 63.4 cm³/mol. The van der Waals surface area contributed by atoms with Crippen LogP contribution < -0.4 is 5.32 Å². The lowest BCUT2D eigenvalue weighted by atomic mass is 9.83. The second-order valence-corrected chi connectivity index (χ2v) is 4.99. The van der Waals surface area contributed by atoms with Crippen molar-refractivity contribution in [2.45, 2.75) is 52.5 Å². The first kappa shape index (κ1) is 11.8. The molecule has 1 saturated heterocycles. The van der Waals surface area contributed by atoms with E-state index in [1.54, 1.807) is 0 Å². The van der Waals surface area contributed by atoms with Crippen molar-refractivity contribution in [3.63, 3.8) is 0 Å². The predicted octanol–water partition coefficient (Wildman–Crippen LogP) is 3.37. The van der Waals surface area contributed by atoms with Crippen LogP contribution in [-0.2, 0) is 0 Å². The summed E-state index contributed by atoms with van der Waals surface area (Å²) in [6.45, 7) is 12.0. The summed E-state index contributed by atoms with van der Waals surface area (Å²) in [5.41, 5.74) is 1.30. The summed E-state index contributed by atoms with van der Waals surface area (Å²) < 4.78 is 0. The van der Waals surface area contributed by atoms with E-state index in [2.05, 4.69) is 32.7 Å². The third kappa shape index (κ3) is 3.45. The Kier molecular flexibility index (Phi) is 4.67. The summed E-state index contributed by atoms with van der Waals surface area (Å²) in [7, 11) is 0. The molecular weight excluding hydrogens is 170 g/mol. The normalized spacial score (nSPS) is 29.9. The standard InChI is InChI=1S/C13H25N/c1-5-11(4)8-12-6-7-14-13(9-12)10(2)3/h11-14H,2,5-9H2,1,3-4H3. The Morgan fingerprint density at radius 3 is 2.86 bits per heavy atom. The van der Waals surface area contributed by atoms with Gasteiger partial charge >= 0.3 is 0 Å². The molecule has 0 bridgehead atoms. The van der Waals surface area contributed by atoms with Crippen molar-refractivity contribution >= 4 is 0 Å². The van der Waals surface area contributed by atoms with Gasteiger partial charge in [0.2, 0.25) is 0 Å². The second-order valence-electron chi connectivity index (χ2n) is 4.99. The zero-order valence-corrected chi connectivity index (χ0v) is 9.97. The van der Waals surface area contributed by atoms with E-state index >= 15 is 0 Å². The Labute approximate surface area is 89.0 Å². The maximum Gasteiger partial charge on any atom is 0.0276 e. The Balaban J connectivity index is 2.36. The van der Waals surface area contributed by atoms with Gasteiger partial charge in [0.1, 0.15) is 0 Å². The van der Waals surface area contributed by atoms with Crippen LogP contribution in [0.2, 0.25) is 0 Å². The number of nitrogens with one attached hydrogen (secondary N) is 1. The van der Waals surface area contributed by atoms with Gasteiger partial charge in [0, 0.05) is 6.04 Å². The number of hydrogen-bond donors (Lipinski definition) is 1. The molecule has 1 heteroatoms. The molecule has 0 amide bonds. The lowest BCUT2D eigenvalue weighted by molar-refractivity contribution is 0.273. The van der Waals surface area contributed by atoms with E-state index in [4.69, 9.17) is 0 Å². The van der Waals surface area contributed by atoms with Crippen molar-refractivity contribution in [3.05, 3.63) is 12.2 Å². The molecule has 1 fully saturated rings. The Morgan fingerprint density at radius 2 is 2.29 bits per heavy atom. The van der Waals surface area contributed by atoms with E-state index < -0.39 is 0 Å². The van der Waals surface area contributed by atoms with E-state index in [0.29, 0.717) is 6.04 Å². The minimum absolute atomic E-state index is 0.581. The molecule has 1 nitrogen and oxygen atoms in total. The molecule has 1 aliphatic rings. The summed E-state index contributed by atoms with van der Waals surface area (Å²) >= 11 is 0. The van der Waals surface area contributed by atoms with Gasteiger partial charge in [-0.2, -0.15) is 0 Å². The van der Waals surface area contributed by atoms with Crippen LogP contribution in [0.15, 0.2) is 12.2 Å². The van der Waals surface area contributed by atoms with Crippen molar-refractivity contribution in [2.75, 3.05) is 6.54 Å². The van der Waals surface area contributed by atoms with Crippen molar-refractivity contribution < 1.29 is 0 Å². The maximum absolute atomic E-state index is 4.05. The molecule has 3 atom stereocenters. The molecule has 0 aromatic rings. The quantitative estimate of drug-likeness (QED) is 0.678. The highest BCUT2D eigenvalue weighted by Gasteiger charge is 2.22. The zero-order chi connectivity index (χ0) is 10.6. The van der Waals surface area contributed by atoms with Crippen molar-refractivity contribution in [3.8, 4) is 0 Å². The van der Waals surface area contributed by atoms with E-state index in [1.165, 1.54) is 37.8 Å². The fourth-order valence-corrected chi connectivity index (χ4v) is 2.32. The third-order valence-electron chi connectivity index (χ3n) is 3.54. The van der Waals surface area contributed by atoms with E-state index in [1.807, 2.05) is 0 Å². The lowest BCUT2D eigenvalue weighted by Gasteiger charge is -2.32. The van der Waals surface area contributed by atoms with Gasteiger partial charge in [-0.1, -0.05) is 32.4 Å². The van der Waals surface area contributed by atoms with Gasteiger partial charge in [-0.15, -0.1) is 0 Å². The summed E-state index contributed by atoms with van der Waals surface area (Å²) in [6.07, 6.45) is 5.39. The molecule has 1 heterocycles. The number of hydrogen-bond acceptors (Lipinski definition) is 1. The van der Waals surface area contributed by atoms with Crippen LogP contribution in [0.25, 0.3) is 0 Å². The molecule has 0 aromatic carbocycles. The van der Waals surface area contributed by atoms with Crippen molar-refractivity contribution in [1.29, 1.82) is 0 Å². The fourth-order valence-electron chi connectivity index (χ4n) is 2.32. The zero-order valence-electron chi connectivity index (χ0n) is 9.97. The van der Waals surface area contributed by atoms with E-state index in [-0.39, 0.29) is 0 Å².